The highest BCUT2D eigenvalue weighted by Crippen LogP contribution is 2.49. The van der Waals surface area contributed by atoms with Gasteiger partial charge in [-0.3, -0.25) is 0 Å². The van der Waals surface area contributed by atoms with Crippen molar-refractivity contribution in [2.75, 3.05) is 57.9 Å². The van der Waals surface area contributed by atoms with Gasteiger partial charge in [-0.25, -0.2) is 22.4 Å². The van der Waals surface area contributed by atoms with Crippen LogP contribution < -0.4 is 20.1 Å². The Bertz CT molecular complexity index is 2380. The van der Waals surface area contributed by atoms with E-state index >= 15 is 8.78 Å². The number of benzene rings is 2. The molecular weight excluding hydrogens is 743 g/mol. The third-order valence-electron chi connectivity index (χ3n) is 10.0. The number of anilines is 1. The number of carbonyl (C=O) groups is 1. The summed E-state index contributed by atoms with van der Waals surface area (Å²) in [5, 5.41) is 31.4. The van der Waals surface area contributed by atoms with Gasteiger partial charge in [0.2, 0.25) is 11.5 Å². The van der Waals surface area contributed by atoms with E-state index in [1.54, 1.807) is 25.7 Å². The van der Waals surface area contributed by atoms with E-state index in [4.69, 9.17) is 24.1 Å². The Morgan fingerprint density at radius 2 is 1.93 bits per heavy atom. The Kier molecular flexibility index (Phi) is 9.58. The van der Waals surface area contributed by atoms with E-state index in [0.29, 0.717) is 0 Å². The lowest BCUT2D eigenvalue weighted by atomic mass is 9.73. The summed E-state index contributed by atoms with van der Waals surface area (Å²) in [5.74, 6) is -3.52. The van der Waals surface area contributed by atoms with Gasteiger partial charge in [0.05, 0.1) is 38.0 Å². The number of primary amides is 1. The number of aromatic nitrogens is 2. The van der Waals surface area contributed by atoms with Gasteiger partial charge >= 0.3 is 12.1 Å². The number of rotatable bonds is 7. The summed E-state index contributed by atoms with van der Waals surface area (Å²) in [6.07, 6.45) is -4.23. The highest BCUT2D eigenvalue weighted by Gasteiger charge is 2.45. The number of nitrogens with zero attached hydrogens (tertiary/aromatic N) is 6. The minimum atomic E-state index is -2.83. The van der Waals surface area contributed by atoms with Crippen LogP contribution in [-0.2, 0) is 10.2 Å². The second kappa shape index (κ2) is 14.7. The first-order valence-electron chi connectivity index (χ1n) is 18.8. The molecule has 0 spiro atoms. The first-order chi connectivity index (χ1) is 27.0. The fourth-order valence-corrected chi connectivity index (χ4v) is 8.42. The molecule has 2 aliphatic rings. The molecule has 3 atom stereocenters. The number of likely N-dealkylation sites (tertiary alicyclic amines) is 1. The van der Waals surface area contributed by atoms with Crippen molar-refractivity contribution in [3.8, 4) is 34.3 Å². The van der Waals surface area contributed by atoms with Gasteiger partial charge in [-0.2, -0.15) is 20.5 Å². The summed E-state index contributed by atoms with van der Waals surface area (Å²) >= 11 is 0.799. The molecular formula is C38H41F4N7O5S. The Hall–Kier alpha value is -4.81. The lowest BCUT2D eigenvalue weighted by molar-refractivity contribution is -0.0679. The molecule has 0 saturated carbocycles. The third kappa shape index (κ3) is 7.58. The zero-order chi connectivity index (χ0) is 42.7. The van der Waals surface area contributed by atoms with Crippen molar-refractivity contribution in [2.45, 2.75) is 58.5 Å². The van der Waals surface area contributed by atoms with E-state index in [2.05, 4.69) is 9.97 Å². The summed E-state index contributed by atoms with van der Waals surface area (Å²) in [6, 6.07) is 6.01. The smallest absolute Gasteiger partial charge is 0.410 e. The molecule has 2 aromatic heterocycles. The molecule has 17 heteroatoms. The molecule has 0 aliphatic carbocycles. The number of β-amino-alcohol motifs (C(OH)–C–C–N with tert-alkyl or cyclic N) is 1. The molecule has 2 aliphatic heterocycles. The molecule has 4 heterocycles. The minimum Gasteiger partial charge on any atom is -0.463 e. The molecule has 1 amide bonds. The number of fused-ring (bicyclic) bond motifs is 2. The van der Waals surface area contributed by atoms with Crippen molar-refractivity contribution in [1.29, 1.82) is 10.5 Å². The number of nitrogens with two attached hydrogens (primary N) is 1. The number of amides is 1. The summed E-state index contributed by atoms with van der Waals surface area (Å²) in [6.45, 7) is 4.64. The van der Waals surface area contributed by atoms with E-state index < -0.39 is 82.7 Å². The second-order valence-corrected chi connectivity index (χ2v) is 16.6. The van der Waals surface area contributed by atoms with Crippen LogP contribution in [0.2, 0.25) is 0 Å². The first-order valence-corrected chi connectivity index (χ1v) is 18.1. The molecule has 4 aromatic rings. The molecule has 2 fully saturated rings. The topological polar surface area (TPSA) is 171 Å². The highest BCUT2D eigenvalue weighted by molar-refractivity contribution is 7.21. The van der Waals surface area contributed by atoms with Crippen LogP contribution in [-0.4, -0.2) is 91.1 Å². The lowest BCUT2D eigenvalue weighted by Crippen LogP contribution is -2.51. The van der Waals surface area contributed by atoms with Crippen LogP contribution in [0.1, 0.15) is 61.8 Å². The minimum absolute atomic E-state index is 0.0319. The maximum absolute atomic E-state index is 17.7. The normalized spacial score (nSPS) is 23.5. The van der Waals surface area contributed by atoms with E-state index in [1.165, 1.54) is 26.0 Å². The number of aliphatic hydroxyl groups is 1. The monoisotopic (exact) mass is 786 g/mol. The maximum atomic E-state index is 17.7. The molecule has 55 heavy (non-hydrogen) atoms. The number of halogens is 4. The van der Waals surface area contributed by atoms with Crippen LogP contribution in [0.5, 0.6) is 11.1 Å². The van der Waals surface area contributed by atoms with Gasteiger partial charge in [0.25, 0.3) is 0 Å². The van der Waals surface area contributed by atoms with E-state index in [9.17, 15) is 29.2 Å². The number of hydrogen-bond donors (Lipinski definition) is 2. The molecule has 0 radical (unpaired) electrons. The Morgan fingerprint density at radius 3 is 2.56 bits per heavy atom. The number of carbonyl (C=O) groups excluding carboxylic acids is 1. The van der Waals surface area contributed by atoms with Gasteiger partial charge < -0.3 is 34.9 Å². The molecule has 12 nitrogen and oxygen atoms in total. The van der Waals surface area contributed by atoms with Gasteiger partial charge in [0.1, 0.15) is 34.4 Å². The average molecular weight is 787 g/mol. The first kappa shape index (κ1) is 35.9. The van der Waals surface area contributed by atoms with Crippen molar-refractivity contribution < 1.29 is 45.8 Å². The standard InChI is InChI=1S/C38H41F4N7O5S/c1-36(2,3)23-12-24-26(21(14-44)33(55-24)54-34(45)50)27(28(23)39)25-19(13-43)11-20-30(29(25)40)46-35(47-32(20)49-9-10-52-18-38(5,51)16-49)53-17-37(4)15-48(6)8-7-22(37)31(41)42/h11-12,22,31,51H,7-10,15-18H2,1-6H3,(H2,45,50)/t22-,37+,38+/m1/s1/i6D3. The van der Waals surface area contributed by atoms with Crippen molar-refractivity contribution in [2.24, 2.45) is 17.1 Å². The van der Waals surface area contributed by atoms with Crippen molar-refractivity contribution >= 4 is 44.2 Å². The average Bonchev–Trinajstić information content (AvgIpc) is 3.35. The van der Waals surface area contributed by atoms with Crippen LogP contribution in [0.4, 0.5) is 28.2 Å². The maximum Gasteiger partial charge on any atom is 0.410 e. The van der Waals surface area contributed by atoms with E-state index in [1.807, 2.05) is 12.1 Å². The van der Waals surface area contributed by atoms with Gasteiger partial charge in [-0.1, -0.05) is 39.0 Å². The quantitative estimate of drug-likeness (QED) is 0.197. The summed E-state index contributed by atoms with van der Waals surface area (Å²) in [5.41, 5.74) is -0.743. The molecule has 6 rings (SSSR count). The van der Waals surface area contributed by atoms with Crippen LogP contribution in [0.15, 0.2) is 12.1 Å². The zero-order valence-electron chi connectivity index (χ0n) is 33.7. The Morgan fingerprint density at radius 1 is 1.18 bits per heavy atom. The van der Waals surface area contributed by atoms with Crippen molar-refractivity contribution in [1.82, 2.24) is 14.9 Å². The highest BCUT2D eigenvalue weighted by atomic mass is 32.1. The molecule has 292 valence electrons. The SMILES string of the molecule is [2H]C([2H])([2H])N1CC[C@H](C(F)F)[C@](C)(COc2nc(N3CCOC[C@@](C)(O)C3)c3cc(C#N)c(-c4c(F)c(C(C)(C)C)cc5sc(OC(N)=O)c(C#N)c45)c(F)c3n2)C1. The van der Waals surface area contributed by atoms with E-state index in [0.717, 1.165) is 16.2 Å². The third-order valence-corrected chi connectivity index (χ3v) is 11.0. The molecule has 2 saturated heterocycles. The largest absolute Gasteiger partial charge is 0.463 e. The lowest BCUT2D eigenvalue weighted by Gasteiger charge is -2.44. The van der Waals surface area contributed by atoms with Crippen molar-refractivity contribution in [3.05, 3.63) is 40.5 Å². The van der Waals surface area contributed by atoms with E-state index in [-0.39, 0.29) is 88.9 Å². The number of alkyl halides is 2. The number of ether oxygens (including phenoxy) is 3. The van der Waals surface area contributed by atoms with Crippen LogP contribution >= 0.6 is 11.3 Å². The van der Waals surface area contributed by atoms with Crippen LogP contribution in [0, 0.1) is 45.6 Å². The second-order valence-electron chi connectivity index (χ2n) is 15.5. The molecule has 0 unspecified atom stereocenters. The van der Waals surface area contributed by atoms with Crippen LogP contribution in [0.3, 0.4) is 0 Å². The fourth-order valence-electron chi connectivity index (χ4n) is 7.36. The van der Waals surface area contributed by atoms with Gasteiger partial charge in [-0.05, 0) is 50.0 Å². The summed E-state index contributed by atoms with van der Waals surface area (Å²) in [4.78, 5) is 23.4. The Balaban J connectivity index is 1.63. The number of nitriles is 2. The molecule has 2 aromatic carbocycles. The predicted molar refractivity (Wildman–Crippen MR) is 197 cm³/mol. The van der Waals surface area contributed by atoms with Crippen LogP contribution in [0.25, 0.3) is 32.1 Å². The number of thiophene rings is 1. The summed E-state index contributed by atoms with van der Waals surface area (Å²) in [7, 11) is 0. The van der Waals surface area contributed by atoms with Crippen molar-refractivity contribution in [3.63, 3.8) is 0 Å². The zero-order valence-corrected chi connectivity index (χ0v) is 31.5. The van der Waals surface area contributed by atoms with Gasteiger partial charge in [0.15, 0.2) is 5.82 Å². The number of piperidine rings is 1. The molecule has 0 bridgehead atoms. The fraction of sp³-hybridized carbons (Fsp3) is 0.500. The Labute approximate surface area is 323 Å². The van der Waals surface area contributed by atoms with Gasteiger partial charge in [0, 0.05) is 55.1 Å². The number of hydrogen-bond acceptors (Lipinski definition) is 12. The summed E-state index contributed by atoms with van der Waals surface area (Å²) < 4.78 is 104. The predicted octanol–water partition coefficient (Wildman–Crippen LogP) is 6.48. The van der Waals surface area contributed by atoms with Gasteiger partial charge in [-0.15, -0.1) is 0 Å². The molecule has 3 N–H and O–H groups in total.